The number of nitrogens with one attached hydrogen (secondary N) is 1. The molecule has 24 heavy (non-hydrogen) atoms. The van der Waals surface area contributed by atoms with Crippen LogP contribution in [0.5, 0.6) is 5.75 Å². The molecule has 0 aliphatic carbocycles. The number of rotatable bonds is 4. The Morgan fingerprint density at radius 1 is 1.25 bits per heavy atom. The van der Waals surface area contributed by atoms with Crippen LogP contribution in [0.2, 0.25) is 0 Å². The van der Waals surface area contributed by atoms with E-state index in [0.717, 1.165) is 31.1 Å². The molecule has 0 spiro atoms. The third-order valence-corrected chi connectivity index (χ3v) is 4.70. The standard InChI is InChI=1S/C19H21N3O2/c1-23-19-7-6-14-4-2-3-5-15(14)16(19)12-22-10-11-24-13-18(22)17-8-9-20-21-17/h2-9,18H,10-13H2,1H3,(H,20,21)/t18-/m0/s1. The molecule has 0 bridgehead atoms. The van der Waals surface area contributed by atoms with Crippen LogP contribution in [0.15, 0.2) is 48.7 Å². The van der Waals surface area contributed by atoms with Crippen LogP contribution in [-0.2, 0) is 11.3 Å². The summed E-state index contributed by atoms with van der Waals surface area (Å²) in [4.78, 5) is 2.43. The zero-order chi connectivity index (χ0) is 16.4. The lowest BCUT2D eigenvalue weighted by atomic mass is 10.0. The maximum atomic E-state index is 5.70. The normalized spacial score (nSPS) is 18.8. The molecule has 2 heterocycles. The molecule has 2 aromatic carbocycles. The summed E-state index contributed by atoms with van der Waals surface area (Å²) >= 11 is 0. The minimum atomic E-state index is 0.185. The highest BCUT2D eigenvalue weighted by Crippen LogP contribution is 2.32. The number of nitrogens with zero attached hydrogens (tertiary/aromatic N) is 2. The van der Waals surface area contributed by atoms with Crippen molar-refractivity contribution in [3.8, 4) is 5.75 Å². The van der Waals surface area contributed by atoms with Crippen molar-refractivity contribution >= 4 is 10.8 Å². The Hall–Kier alpha value is -2.37. The molecular formula is C19H21N3O2. The fraction of sp³-hybridized carbons (Fsp3) is 0.316. The smallest absolute Gasteiger partial charge is 0.123 e. The average molecular weight is 323 g/mol. The van der Waals surface area contributed by atoms with Gasteiger partial charge in [-0.1, -0.05) is 30.3 Å². The minimum absolute atomic E-state index is 0.185. The third-order valence-electron chi connectivity index (χ3n) is 4.70. The largest absolute Gasteiger partial charge is 0.496 e. The first-order chi connectivity index (χ1) is 11.9. The average Bonchev–Trinajstić information content (AvgIpc) is 3.17. The van der Waals surface area contributed by atoms with Crippen molar-refractivity contribution < 1.29 is 9.47 Å². The first-order valence-corrected chi connectivity index (χ1v) is 8.22. The van der Waals surface area contributed by atoms with Gasteiger partial charge in [-0.25, -0.2) is 0 Å². The Kier molecular flexibility index (Phi) is 4.19. The van der Waals surface area contributed by atoms with Gasteiger partial charge in [-0.3, -0.25) is 10.00 Å². The van der Waals surface area contributed by atoms with Gasteiger partial charge in [-0.05, 0) is 22.9 Å². The van der Waals surface area contributed by atoms with Crippen molar-refractivity contribution in [2.45, 2.75) is 12.6 Å². The number of methoxy groups -OCH3 is 1. The first kappa shape index (κ1) is 15.2. The van der Waals surface area contributed by atoms with E-state index in [9.17, 15) is 0 Å². The van der Waals surface area contributed by atoms with Gasteiger partial charge < -0.3 is 9.47 Å². The number of H-pyrrole nitrogens is 1. The molecule has 5 heteroatoms. The summed E-state index contributed by atoms with van der Waals surface area (Å²) < 4.78 is 11.3. The topological polar surface area (TPSA) is 50.4 Å². The van der Waals surface area contributed by atoms with Gasteiger partial charge >= 0.3 is 0 Å². The fourth-order valence-electron chi connectivity index (χ4n) is 3.44. The summed E-state index contributed by atoms with van der Waals surface area (Å²) in [6.45, 7) is 3.13. The molecular weight excluding hydrogens is 302 g/mol. The van der Waals surface area contributed by atoms with Gasteiger partial charge in [0.2, 0.25) is 0 Å². The molecule has 124 valence electrons. The monoisotopic (exact) mass is 323 g/mol. The highest BCUT2D eigenvalue weighted by Gasteiger charge is 2.27. The van der Waals surface area contributed by atoms with Crippen LogP contribution in [0.4, 0.5) is 0 Å². The molecule has 0 saturated carbocycles. The Morgan fingerprint density at radius 2 is 2.17 bits per heavy atom. The number of fused-ring (bicyclic) bond motifs is 1. The van der Waals surface area contributed by atoms with E-state index >= 15 is 0 Å². The molecule has 1 atom stereocenters. The van der Waals surface area contributed by atoms with E-state index in [0.29, 0.717) is 6.61 Å². The van der Waals surface area contributed by atoms with Crippen molar-refractivity contribution in [1.29, 1.82) is 0 Å². The van der Waals surface area contributed by atoms with E-state index in [2.05, 4.69) is 51.5 Å². The Labute approximate surface area is 141 Å². The Balaban J connectivity index is 1.72. The van der Waals surface area contributed by atoms with E-state index in [-0.39, 0.29) is 6.04 Å². The van der Waals surface area contributed by atoms with Crippen LogP contribution in [-0.4, -0.2) is 42.0 Å². The molecule has 3 aromatic rings. The van der Waals surface area contributed by atoms with Gasteiger partial charge in [0.25, 0.3) is 0 Å². The second-order valence-electron chi connectivity index (χ2n) is 6.04. The molecule has 1 aliphatic heterocycles. The molecule has 1 saturated heterocycles. The summed E-state index contributed by atoms with van der Waals surface area (Å²) in [6, 6.07) is 14.8. The summed E-state index contributed by atoms with van der Waals surface area (Å²) in [7, 11) is 1.74. The Morgan fingerprint density at radius 3 is 3.00 bits per heavy atom. The lowest BCUT2D eigenvalue weighted by Crippen LogP contribution is -2.39. The number of hydrogen-bond acceptors (Lipinski definition) is 4. The zero-order valence-electron chi connectivity index (χ0n) is 13.7. The van der Waals surface area contributed by atoms with E-state index in [1.165, 1.54) is 16.3 Å². The third kappa shape index (κ3) is 2.77. The number of aromatic nitrogens is 2. The molecule has 0 unspecified atom stereocenters. The minimum Gasteiger partial charge on any atom is -0.496 e. The number of morpholine rings is 1. The molecule has 1 fully saturated rings. The van der Waals surface area contributed by atoms with Gasteiger partial charge in [-0.15, -0.1) is 0 Å². The van der Waals surface area contributed by atoms with Crippen LogP contribution in [0, 0.1) is 0 Å². The van der Waals surface area contributed by atoms with Gasteiger partial charge in [0.15, 0.2) is 0 Å². The van der Waals surface area contributed by atoms with Crippen LogP contribution < -0.4 is 4.74 Å². The highest BCUT2D eigenvalue weighted by atomic mass is 16.5. The van der Waals surface area contributed by atoms with Crippen molar-refractivity contribution in [2.75, 3.05) is 26.9 Å². The lowest BCUT2D eigenvalue weighted by molar-refractivity contribution is -0.0143. The van der Waals surface area contributed by atoms with Crippen molar-refractivity contribution in [2.24, 2.45) is 0 Å². The Bertz CT molecular complexity index is 817. The molecule has 1 aromatic heterocycles. The summed E-state index contributed by atoms with van der Waals surface area (Å²) in [6.07, 6.45) is 1.79. The predicted octanol–water partition coefficient (Wildman–Crippen LogP) is 3.15. The van der Waals surface area contributed by atoms with Gasteiger partial charge in [0.05, 0.1) is 32.1 Å². The van der Waals surface area contributed by atoms with E-state index < -0.39 is 0 Å². The number of ether oxygens (including phenoxy) is 2. The van der Waals surface area contributed by atoms with Gasteiger partial charge in [0, 0.05) is 24.8 Å². The summed E-state index contributed by atoms with van der Waals surface area (Å²) in [5, 5.41) is 9.65. The lowest BCUT2D eigenvalue weighted by Gasteiger charge is -2.35. The van der Waals surface area contributed by atoms with E-state index in [4.69, 9.17) is 9.47 Å². The molecule has 1 N–H and O–H groups in total. The second kappa shape index (κ2) is 6.63. The van der Waals surface area contributed by atoms with Crippen LogP contribution in [0.3, 0.4) is 0 Å². The molecule has 4 rings (SSSR count). The highest BCUT2D eigenvalue weighted by molar-refractivity contribution is 5.87. The SMILES string of the molecule is COc1ccc2ccccc2c1CN1CCOC[C@H]1c1ccn[nH]1. The fourth-order valence-corrected chi connectivity index (χ4v) is 3.44. The predicted molar refractivity (Wildman–Crippen MR) is 93.1 cm³/mol. The summed E-state index contributed by atoms with van der Waals surface area (Å²) in [5.74, 6) is 0.934. The number of hydrogen-bond donors (Lipinski definition) is 1. The van der Waals surface area contributed by atoms with E-state index in [1.807, 2.05) is 6.07 Å². The van der Waals surface area contributed by atoms with Crippen LogP contribution in [0.25, 0.3) is 10.8 Å². The summed E-state index contributed by atoms with van der Waals surface area (Å²) in [5.41, 5.74) is 2.32. The molecule has 0 amide bonds. The first-order valence-electron chi connectivity index (χ1n) is 8.22. The van der Waals surface area contributed by atoms with Crippen molar-refractivity contribution in [3.05, 3.63) is 59.9 Å². The number of benzene rings is 2. The molecule has 1 aliphatic rings. The van der Waals surface area contributed by atoms with Crippen molar-refractivity contribution in [1.82, 2.24) is 15.1 Å². The second-order valence-corrected chi connectivity index (χ2v) is 6.04. The zero-order valence-corrected chi connectivity index (χ0v) is 13.7. The number of aromatic amines is 1. The molecule has 5 nitrogen and oxygen atoms in total. The van der Waals surface area contributed by atoms with Gasteiger partial charge in [-0.2, -0.15) is 5.10 Å². The quantitative estimate of drug-likeness (QED) is 0.801. The van der Waals surface area contributed by atoms with Gasteiger partial charge in [0.1, 0.15) is 5.75 Å². The van der Waals surface area contributed by atoms with E-state index in [1.54, 1.807) is 13.3 Å². The van der Waals surface area contributed by atoms with Crippen LogP contribution >= 0.6 is 0 Å². The van der Waals surface area contributed by atoms with Crippen LogP contribution in [0.1, 0.15) is 17.3 Å². The maximum absolute atomic E-state index is 5.70. The van der Waals surface area contributed by atoms with Crippen molar-refractivity contribution in [3.63, 3.8) is 0 Å². The maximum Gasteiger partial charge on any atom is 0.123 e. The molecule has 0 radical (unpaired) electrons.